The predicted molar refractivity (Wildman–Crippen MR) is 113 cm³/mol. The summed E-state index contributed by atoms with van der Waals surface area (Å²) < 4.78 is 31.1. The molecule has 0 bridgehead atoms. The molecule has 2 aromatic rings. The molecule has 0 saturated heterocycles. The zero-order valence-electron chi connectivity index (χ0n) is 16.9. The van der Waals surface area contributed by atoms with Crippen LogP contribution in [0.4, 0.5) is 11.4 Å². The molecule has 0 aliphatic heterocycles. The van der Waals surface area contributed by atoms with E-state index in [9.17, 15) is 13.5 Å². The molecule has 0 saturated carbocycles. The maximum atomic E-state index is 12.4. The van der Waals surface area contributed by atoms with Crippen molar-refractivity contribution < 1.29 is 18.3 Å². The molecule has 1 N–H and O–H groups in total. The van der Waals surface area contributed by atoms with Gasteiger partial charge in [0, 0.05) is 50.7 Å². The molecule has 0 atom stereocenters. The first-order chi connectivity index (χ1) is 13.2. The quantitative estimate of drug-likeness (QED) is 0.682. The molecular weight excluding hydrogens is 378 g/mol. The molecule has 0 spiro atoms. The molecule has 0 aromatic heterocycles. The van der Waals surface area contributed by atoms with Gasteiger partial charge in [0.25, 0.3) is 0 Å². The Labute approximate surface area is 166 Å². The van der Waals surface area contributed by atoms with Crippen molar-refractivity contribution in [3.63, 3.8) is 0 Å². The van der Waals surface area contributed by atoms with Crippen molar-refractivity contribution in [1.29, 1.82) is 0 Å². The Balaban J connectivity index is 2.40. The van der Waals surface area contributed by atoms with Gasteiger partial charge in [-0.15, -0.1) is 0 Å². The van der Waals surface area contributed by atoms with Gasteiger partial charge in [-0.25, -0.2) is 12.7 Å². The molecule has 0 aliphatic rings. The lowest BCUT2D eigenvalue weighted by Crippen LogP contribution is -2.22. The van der Waals surface area contributed by atoms with E-state index in [1.807, 2.05) is 6.07 Å². The Morgan fingerprint density at radius 1 is 1.11 bits per heavy atom. The lowest BCUT2D eigenvalue weighted by atomic mass is 10.1. The topological polar surface area (TPSA) is 82.4 Å². The summed E-state index contributed by atoms with van der Waals surface area (Å²) in [6.07, 6.45) is 1.49. The number of anilines is 1. The second-order valence-electron chi connectivity index (χ2n) is 6.29. The van der Waals surface area contributed by atoms with Crippen LogP contribution >= 0.6 is 0 Å². The number of methoxy groups -OCH3 is 1. The highest BCUT2D eigenvalue weighted by Crippen LogP contribution is 2.31. The molecule has 28 heavy (non-hydrogen) atoms. The molecule has 2 rings (SSSR count). The fraction of sp³-hybridized carbons (Fsp3) is 0.350. The van der Waals surface area contributed by atoms with Crippen molar-refractivity contribution in [1.82, 2.24) is 4.31 Å². The van der Waals surface area contributed by atoms with Crippen LogP contribution in [0.25, 0.3) is 0 Å². The van der Waals surface area contributed by atoms with Crippen LogP contribution in [0.5, 0.6) is 11.5 Å². The van der Waals surface area contributed by atoms with Crippen molar-refractivity contribution in [2.24, 2.45) is 4.99 Å². The van der Waals surface area contributed by atoms with E-state index in [1.54, 1.807) is 18.2 Å². The normalized spacial score (nSPS) is 11.9. The van der Waals surface area contributed by atoms with Gasteiger partial charge in [-0.3, -0.25) is 4.99 Å². The molecule has 2 aromatic carbocycles. The van der Waals surface area contributed by atoms with E-state index in [0.29, 0.717) is 17.0 Å². The zero-order valence-corrected chi connectivity index (χ0v) is 17.7. The number of ether oxygens (including phenoxy) is 1. The molecule has 0 fully saturated rings. The fourth-order valence-corrected chi connectivity index (χ4v) is 3.63. The first kappa shape index (κ1) is 21.7. The average Bonchev–Trinajstić information content (AvgIpc) is 2.67. The first-order valence-corrected chi connectivity index (χ1v) is 10.4. The number of phenols is 1. The van der Waals surface area contributed by atoms with Crippen molar-refractivity contribution in [2.45, 2.75) is 18.7 Å². The minimum atomic E-state index is -3.59. The maximum absolute atomic E-state index is 12.4. The van der Waals surface area contributed by atoms with Crippen molar-refractivity contribution >= 4 is 27.6 Å². The summed E-state index contributed by atoms with van der Waals surface area (Å²) in [6.45, 7) is 5.79. The lowest BCUT2D eigenvalue weighted by molar-refractivity contribution is 0.416. The molecular formula is C20H27N3O4S. The van der Waals surface area contributed by atoms with E-state index in [-0.39, 0.29) is 10.6 Å². The Kier molecular flexibility index (Phi) is 7.04. The first-order valence-electron chi connectivity index (χ1n) is 8.97. The van der Waals surface area contributed by atoms with Gasteiger partial charge >= 0.3 is 0 Å². The fourth-order valence-electron chi connectivity index (χ4n) is 2.71. The standard InChI is InChI=1S/C20H27N3O4S/c1-6-23(7-2)16-9-8-15(19(24)12-16)14-21-18-13-17(10-11-20(18)27-5)28(25,26)22(3)4/h8-14,24H,6-7H2,1-5H3. The Hall–Kier alpha value is -2.58. The second kappa shape index (κ2) is 9.07. The zero-order chi connectivity index (χ0) is 20.9. The number of sulfonamides is 1. The van der Waals surface area contributed by atoms with E-state index in [4.69, 9.17) is 4.74 Å². The van der Waals surface area contributed by atoms with Crippen LogP contribution in [0.2, 0.25) is 0 Å². The van der Waals surface area contributed by atoms with E-state index in [0.717, 1.165) is 23.1 Å². The summed E-state index contributed by atoms with van der Waals surface area (Å²) in [6, 6.07) is 9.87. The average molecular weight is 406 g/mol. The Morgan fingerprint density at radius 2 is 1.79 bits per heavy atom. The van der Waals surface area contributed by atoms with Crippen LogP contribution in [0.1, 0.15) is 19.4 Å². The van der Waals surface area contributed by atoms with E-state index >= 15 is 0 Å². The van der Waals surface area contributed by atoms with Crippen LogP contribution in [0.15, 0.2) is 46.3 Å². The van der Waals surface area contributed by atoms with E-state index < -0.39 is 10.0 Å². The maximum Gasteiger partial charge on any atom is 0.242 e. The molecule has 0 unspecified atom stereocenters. The number of phenolic OH excluding ortho intramolecular Hbond substituents is 1. The van der Waals surface area contributed by atoms with Gasteiger partial charge in [-0.05, 0) is 44.2 Å². The van der Waals surface area contributed by atoms with Gasteiger partial charge in [0.05, 0.1) is 12.0 Å². The summed E-state index contributed by atoms with van der Waals surface area (Å²) in [5, 5.41) is 10.3. The summed E-state index contributed by atoms with van der Waals surface area (Å²) in [5.41, 5.74) is 1.81. The Bertz CT molecular complexity index is 952. The van der Waals surface area contributed by atoms with Crippen molar-refractivity contribution in [3.8, 4) is 11.5 Å². The summed E-state index contributed by atoms with van der Waals surface area (Å²) in [4.78, 5) is 6.59. The molecule has 0 heterocycles. The lowest BCUT2D eigenvalue weighted by Gasteiger charge is -2.21. The van der Waals surface area contributed by atoms with Crippen LogP contribution < -0.4 is 9.64 Å². The second-order valence-corrected chi connectivity index (χ2v) is 8.45. The van der Waals surface area contributed by atoms with Gasteiger partial charge in [-0.2, -0.15) is 0 Å². The highest BCUT2D eigenvalue weighted by molar-refractivity contribution is 7.89. The van der Waals surface area contributed by atoms with Crippen LogP contribution in [0, 0.1) is 0 Å². The third-order valence-corrected chi connectivity index (χ3v) is 6.23. The predicted octanol–water partition coefficient (Wildman–Crippen LogP) is 3.25. The van der Waals surface area contributed by atoms with Crippen molar-refractivity contribution in [2.75, 3.05) is 39.2 Å². The molecule has 0 amide bonds. The molecule has 8 heteroatoms. The summed E-state index contributed by atoms with van der Waals surface area (Å²) in [5.74, 6) is 0.539. The summed E-state index contributed by atoms with van der Waals surface area (Å²) in [7, 11) is 0.844. The number of aliphatic imine (C=N–C) groups is 1. The summed E-state index contributed by atoms with van der Waals surface area (Å²) >= 11 is 0. The van der Waals surface area contributed by atoms with Gasteiger partial charge < -0.3 is 14.7 Å². The smallest absolute Gasteiger partial charge is 0.242 e. The molecule has 0 radical (unpaired) electrons. The number of hydrogen-bond acceptors (Lipinski definition) is 6. The minimum Gasteiger partial charge on any atom is -0.507 e. The van der Waals surface area contributed by atoms with Crippen LogP contribution in [0.3, 0.4) is 0 Å². The van der Waals surface area contributed by atoms with E-state index in [2.05, 4.69) is 23.7 Å². The minimum absolute atomic E-state index is 0.101. The van der Waals surface area contributed by atoms with Gasteiger partial charge in [0.2, 0.25) is 10.0 Å². The van der Waals surface area contributed by atoms with E-state index in [1.165, 1.54) is 39.6 Å². The Morgan fingerprint density at radius 3 is 2.32 bits per heavy atom. The van der Waals surface area contributed by atoms with Gasteiger partial charge in [0.15, 0.2) is 0 Å². The third-order valence-electron chi connectivity index (χ3n) is 4.41. The SMILES string of the molecule is CCN(CC)c1ccc(C=Nc2cc(S(=O)(=O)N(C)C)ccc2OC)c(O)c1. The monoisotopic (exact) mass is 405 g/mol. The van der Waals surface area contributed by atoms with Gasteiger partial charge in [0.1, 0.15) is 17.2 Å². The van der Waals surface area contributed by atoms with Gasteiger partial charge in [-0.1, -0.05) is 0 Å². The molecule has 7 nitrogen and oxygen atoms in total. The third kappa shape index (κ3) is 4.63. The largest absolute Gasteiger partial charge is 0.507 e. The van der Waals surface area contributed by atoms with Crippen LogP contribution in [-0.2, 0) is 10.0 Å². The highest BCUT2D eigenvalue weighted by Gasteiger charge is 2.19. The van der Waals surface area contributed by atoms with Crippen LogP contribution in [-0.4, -0.2) is 58.3 Å². The number of nitrogens with zero attached hydrogens (tertiary/aromatic N) is 3. The number of aromatic hydroxyl groups is 1. The van der Waals surface area contributed by atoms with Crippen molar-refractivity contribution in [3.05, 3.63) is 42.0 Å². The number of benzene rings is 2. The molecule has 0 aliphatic carbocycles. The molecule has 152 valence electrons. The number of hydrogen-bond donors (Lipinski definition) is 1. The number of rotatable bonds is 8. The highest BCUT2D eigenvalue weighted by atomic mass is 32.2.